The fourth-order valence-corrected chi connectivity index (χ4v) is 3.53. The van der Waals surface area contributed by atoms with Gasteiger partial charge in [0.25, 0.3) is 0 Å². The van der Waals surface area contributed by atoms with Crippen LogP contribution in [0.4, 0.5) is 0 Å². The van der Waals surface area contributed by atoms with E-state index >= 15 is 0 Å². The van der Waals surface area contributed by atoms with Crippen LogP contribution in [0.2, 0.25) is 0 Å². The Morgan fingerprint density at radius 1 is 1.29 bits per heavy atom. The Labute approximate surface area is 130 Å². The Morgan fingerprint density at radius 3 is 2.62 bits per heavy atom. The smallest absolute Gasteiger partial charge is 0.0674 e. The lowest BCUT2D eigenvalue weighted by atomic mass is 9.78. The largest absolute Gasteiger partial charge is 0.381 e. The van der Waals surface area contributed by atoms with E-state index in [1.807, 2.05) is 0 Å². The van der Waals surface area contributed by atoms with Crippen LogP contribution in [0, 0.1) is 5.41 Å². The summed E-state index contributed by atoms with van der Waals surface area (Å²) < 4.78 is 11.5. The van der Waals surface area contributed by atoms with Gasteiger partial charge in [0.1, 0.15) is 0 Å². The van der Waals surface area contributed by atoms with E-state index in [9.17, 15) is 0 Å². The van der Waals surface area contributed by atoms with E-state index in [0.29, 0.717) is 23.6 Å². The molecule has 0 spiro atoms. The molecule has 2 unspecified atom stereocenters. The minimum absolute atomic E-state index is 0.364. The summed E-state index contributed by atoms with van der Waals surface area (Å²) in [4.78, 5) is 2.68. The predicted octanol–water partition coefficient (Wildman–Crippen LogP) is 2.28. The lowest BCUT2D eigenvalue weighted by Gasteiger charge is -2.46. The molecule has 0 aromatic rings. The van der Waals surface area contributed by atoms with E-state index in [0.717, 1.165) is 32.9 Å². The Hall–Kier alpha value is -0.160. The molecule has 4 heteroatoms. The van der Waals surface area contributed by atoms with Crippen molar-refractivity contribution in [2.24, 2.45) is 5.41 Å². The molecule has 124 valence electrons. The molecule has 2 fully saturated rings. The number of rotatable bonds is 6. The number of nitrogens with zero attached hydrogens (tertiary/aromatic N) is 1. The highest BCUT2D eigenvalue weighted by Crippen LogP contribution is 2.33. The first-order chi connectivity index (χ1) is 10.0. The summed E-state index contributed by atoms with van der Waals surface area (Å²) >= 11 is 0. The van der Waals surface area contributed by atoms with Gasteiger partial charge in [0.05, 0.1) is 12.7 Å². The quantitative estimate of drug-likeness (QED) is 0.816. The van der Waals surface area contributed by atoms with Crippen molar-refractivity contribution in [1.29, 1.82) is 0 Å². The van der Waals surface area contributed by atoms with Gasteiger partial charge >= 0.3 is 0 Å². The number of ether oxygens (including phenoxy) is 2. The number of hydrogen-bond acceptors (Lipinski definition) is 4. The molecule has 0 saturated carbocycles. The van der Waals surface area contributed by atoms with Crippen LogP contribution < -0.4 is 5.32 Å². The molecule has 0 amide bonds. The number of morpholine rings is 1. The van der Waals surface area contributed by atoms with E-state index in [1.54, 1.807) is 0 Å². The number of hydrogen-bond donors (Lipinski definition) is 1. The summed E-state index contributed by atoms with van der Waals surface area (Å²) in [7, 11) is 0. The van der Waals surface area contributed by atoms with Crippen molar-refractivity contribution in [2.75, 3.05) is 39.5 Å². The second kappa shape index (κ2) is 7.91. The molecule has 1 N–H and O–H groups in total. The molecule has 2 saturated heterocycles. The highest BCUT2D eigenvalue weighted by molar-refractivity contribution is 4.91. The zero-order chi connectivity index (χ0) is 15.3. The molecule has 2 aliphatic rings. The summed E-state index contributed by atoms with van der Waals surface area (Å²) in [5.41, 5.74) is 0.368. The minimum Gasteiger partial charge on any atom is -0.381 e. The standard InChI is InChI=1S/C17H34N2O2/c1-5-16-11-21-15(4)10-19(16)13-17(12-18-14(2)3)6-8-20-9-7-17/h14-16,18H,5-13H2,1-4H3. The fraction of sp³-hybridized carbons (Fsp3) is 1.00. The predicted molar refractivity (Wildman–Crippen MR) is 86.7 cm³/mol. The van der Waals surface area contributed by atoms with Crippen LogP contribution in [-0.2, 0) is 9.47 Å². The monoisotopic (exact) mass is 298 g/mol. The third-order valence-corrected chi connectivity index (χ3v) is 5.03. The van der Waals surface area contributed by atoms with Crippen LogP contribution >= 0.6 is 0 Å². The first-order valence-corrected chi connectivity index (χ1v) is 8.71. The molecular weight excluding hydrogens is 264 g/mol. The molecule has 0 aromatic heterocycles. The molecule has 2 heterocycles. The SMILES string of the molecule is CCC1COC(C)CN1CC1(CNC(C)C)CCOCC1. The summed E-state index contributed by atoms with van der Waals surface area (Å²) in [6.07, 6.45) is 3.89. The van der Waals surface area contributed by atoms with Crippen LogP contribution in [-0.4, -0.2) is 62.5 Å². The third kappa shape index (κ3) is 4.92. The topological polar surface area (TPSA) is 33.7 Å². The Kier molecular flexibility index (Phi) is 6.48. The maximum absolute atomic E-state index is 5.85. The van der Waals surface area contributed by atoms with E-state index < -0.39 is 0 Å². The van der Waals surface area contributed by atoms with Gasteiger partial charge in [-0.05, 0) is 31.6 Å². The fourth-order valence-electron chi connectivity index (χ4n) is 3.53. The highest BCUT2D eigenvalue weighted by Gasteiger charge is 2.37. The van der Waals surface area contributed by atoms with Crippen LogP contribution in [0.15, 0.2) is 0 Å². The first-order valence-electron chi connectivity index (χ1n) is 8.71. The third-order valence-electron chi connectivity index (χ3n) is 5.03. The van der Waals surface area contributed by atoms with Crippen molar-refractivity contribution < 1.29 is 9.47 Å². The van der Waals surface area contributed by atoms with Gasteiger partial charge in [0.2, 0.25) is 0 Å². The van der Waals surface area contributed by atoms with Crippen molar-refractivity contribution in [1.82, 2.24) is 10.2 Å². The van der Waals surface area contributed by atoms with Gasteiger partial charge < -0.3 is 14.8 Å². The second-order valence-electron chi connectivity index (χ2n) is 7.28. The maximum Gasteiger partial charge on any atom is 0.0674 e. The van der Waals surface area contributed by atoms with Gasteiger partial charge in [0.15, 0.2) is 0 Å². The van der Waals surface area contributed by atoms with Gasteiger partial charge in [0, 0.05) is 44.9 Å². The zero-order valence-corrected chi connectivity index (χ0v) is 14.4. The average molecular weight is 298 g/mol. The van der Waals surface area contributed by atoms with Crippen LogP contribution in [0.25, 0.3) is 0 Å². The van der Waals surface area contributed by atoms with E-state index in [2.05, 4.69) is 37.9 Å². The maximum atomic E-state index is 5.85. The van der Waals surface area contributed by atoms with E-state index in [-0.39, 0.29) is 0 Å². The van der Waals surface area contributed by atoms with Crippen molar-refractivity contribution >= 4 is 0 Å². The average Bonchev–Trinajstić information content (AvgIpc) is 2.46. The normalized spacial score (nSPS) is 30.7. The molecule has 21 heavy (non-hydrogen) atoms. The molecule has 2 rings (SSSR count). The lowest BCUT2D eigenvalue weighted by Crippen LogP contribution is -2.55. The number of nitrogens with one attached hydrogen (secondary N) is 1. The Bertz CT molecular complexity index is 303. The Balaban J connectivity index is 2.01. The van der Waals surface area contributed by atoms with Gasteiger partial charge in [-0.3, -0.25) is 4.90 Å². The summed E-state index contributed by atoms with van der Waals surface area (Å²) in [5, 5.41) is 3.68. The van der Waals surface area contributed by atoms with Crippen molar-refractivity contribution in [3.63, 3.8) is 0 Å². The van der Waals surface area contributed by atoms with Crippen LogP contribution in [0.1, 0.15) is 47.0 Å². The molecule has 0 aliphatic carbocycles. The molecule has 2 aliphatic heterocycles. The summed E-state index contributed by atoms with van der Waals surface area (Å²) in [6.45, 7) is 15.0. The van der Waals surface area contributed by atoms with Crippen molar-refractivity contribution in [3.8, 4) is 0 Å². The van der Waals surface area contributed by atoms with Gasteiger partial charge in [-0.25, -0.2) is 0 Å². The molecule has 2 atom stereocenters. The van der Waals surface area contributed by atoms with Gasteiger partial charge in [-0.2, -0.15) is 0 Å². The molecule has 0 radical (unpaired) electrons. The van der Waals surface area contributed by atoms with E-state index in [1.165, 1.54) is 25.8 Å². The Morgan fingerprint density at radius 2 is 2.00 bits per heavy atom. The molecule has 0 bridgehead atoms. The first kappa shape index (κ1) is 17.2. The van der Waals surface area contributed by atoms with Gasteiger partial charge in [-0.15, -0.1) is 0 Å². The van der Waals surface area contributed by atoms with Crippen LogP contribution in [0.3, 0.4) is 0 Å². The summed E-state index contributed by atoms with van der Waals surface area (Å²) in [6, 6.07) is 1.13. The van der Waals surface area contributed by atoms with Crippen molar-refractivity contribution in [2.45, 2.75) is 65.1 Å². The second-order valence-corrected chi connectivity index (χ2v) is 7.28. The summed E-state index contributed by atoms with van der Waals surface area (Å²) in [5.74, 6) is 0. The zero-order valence-electron chi connectivity index (χ0n) is 14.4. The van der Waals surface area contributed by atoms with Crippen molar-refractivity contribution in [3.05, 3.63) is 0 Å². The van der Waals surface area contributed by atoms with Gasteiger partial charge in [-0.1, -0.05) is 20.8 Å². The van der Waals surface area contributed by atoms with Crippen LogP contribution in [0.5, 0.6) is 0 Å². The minimum atomic E-state index is 0.364. The molecule has 4 nitrogen and oxygen atoms in total. The highest BCUT2D eigenvalue weighted by atomic mass is 16.5. The van der Waals surface area contributed by atoms with E-state index in [4.69, 9.17) is 9.47 Å². The molecular formula is C17H34N2O2. The lowest BCUT2D eigenvalue weighted by molar-refractivity contribution is -0.0833. The molecule has 0 aromatic carbocycles.